The molecular formula is C35H36FN5O4S. The molecule has 0 aliphatic heterocycles. The molecule has 238 valence electrons. The molecule has 6 rings (SSSR count). The normalized spacial score (nSPS) is 12.8. The number of thiophene rings is 1. The highest BCUT2D eigenvalue weighted by molar-refractivity contribution is 7.17. The number of rotatable bonds is 9. The molecule has 1 aliphatic rings. The zero-order valence-corrected chi connectivity index (χ0v) is 26.7. The number of primary amides is 2. The number of carbonyl (C=O) groups is 2. The SMILES string of the molecule is Cc1nnc(-c2c(CC(O)c3ccc(F)cc3)nc(CC(C)C)c(C(N)=O)c2-c2ccc(C(N)=O)s2)o1.c1ccc2c(c1)CCC2. The van der Waals surface area contributed by atoms with Crippen LogP contribution in [0.2, 0.25) is 0 Å². The first-order chi connectivity index (χ1) is 22.0. The van der Waals surface area contributed by atoms with Crippen LogP contribution in [0.4, 0.5) is 4.39 Å². The van der Waals surface area contributed by atoms with Gasteiger partial charge in [-0.1, -0.05) is 50.2 Å². The Hall–Kier alpha value is -4.74. The number of halogens is 1. The molecule has 5 N–H and O–H groups in total. The van der Waals surface area contributed by atoms with Crippen LogP contribution in [-0.4, -0.2) is 32.1 Å². The summed E-state index contributed by atoms with van der Waals surface area (Å²) in [5.74, 6) is -1.28. The van der Waals surface area contributed by atoms with Crippen molar-refractivity contribution in [2.24, 2.45) is 17.4 Å². The molecular weight excluding hydrogens is 605 g/mol. The van der Waals surface area contributed by atoms with Gasteiger partial charge in [0, 0.05) is 23.8 Å². The van der Waals surface area contributed by atoms with Crippen LogP contribution in [0.25, 0.3) is 21.9 Å². The number of aryl methyl sites for hydroxylation is 3. The van der Waals surface area contributed by atoms with Gasteiger partial charge in [0.15, 0.2) is 0 Å². The second kappa shape index (κ2) is 14.1. The minimum Gasteiger partial charge on any atom is -0.421 e. The summed E-state index contributed by atoms with van der Waals surface area (Å²) in [6, 6.07) is 17.5. The maximum atomic E-state index is 13.5. The number of aliphatic hydroxyl groups excluding tert-OH is 1. The van der Waals surface area contributed by atoms with Crippen LogP contribution in [0.1, 0.15) is 80.4 Å². The highest BCUT2D eigenvalue weighted by atomic mass is 32.1. The van der Waals surface area contributed by atoms with E-state index >= 15 is 0 Å². The summed E-state index contributed by atoms with van der Waals surface area (Å²) in [6.07, 6.45) is 3.32. The van der Waals surface area contributed by atoms with Crippen molar-refractivity contribution in [3.8, 4) is 21.9 Å². The van der Waals surface area contributed by atoms with Gasteiger partial charge in [-0.25, -0.2) is 4.39 Å². The highest BCUT2D eigenvalue weighted by Gasteiger charge is 2.30. The van der Waals surface area contributed by atoms with Gasteiger partial charge in [0.1, 0.15) is 5.82 Å². The van der Waals surface area contributed by atoms with Crippen molar-refractivity contribution in [3.05, 3.63) is 111 Å². The number of pyridine rings is 1. The third-order valence-corrected chi connectivity index (χ3v) is 8.80. The quantitative estimate of drug-likeness (QED) is 0.174. The molecule has 0 fully saturated rings. The predicted octanol–water partition coefficient (Wildman–Crippen LogP) is 6.16. The lowest BCUT2D eigenvalue weighted by Gasteiger charge is -2.20. The molecule has 3 heterocycles. The minimum absolute atomic E-state index is 0.00637. The van der Waals surface area contributed by atoms with Crippen molar-refractivity contribution in [2.45, 2.75) is 59.0 Å². The molecule has 46 heavy (non-hydrogen) atoms. The monoisotopic (exact) mass is 641 g/mol. The summed E-state index contributed by atoms with van der Waals surface area (Å²) < 4.78 is 19.2. The van der Waals surface area contributed by atoms with Crippen LogP contribution in [0.5, 0.6) is 0 Å². The first-order valence-electron chi connectivity index (χ1n) is 15.1. The van der Waals surface area contributed by atoms with Crippen molar-refractivity contribution in [1.29, 1.82) is 0 Å². The number of benzene rings is 2. The van der Waals surface area contributed by atoms with Crippen molar-refractivity contribution in [1.82, 2.24) is 15.2 Å². The lowest BCUT2D eigenvalue weighted by Crippen LogP contribution is -2.20. The van der Waals surface area contributed by atoms with E-state index in [0.717, 1.165) is 11.3 Å². The number of aromatic nitrogens is 3. The number of nitrogens with two attached hydrogens (primary N) is 2. The molecule has 3 aromatic heterocycles. The number of aliphatic hydroxyl groups is 1. The first-order valence-corrected chi connectivity index (χ1v) is 15.9. The molecule has 5 aromatic rings. The van der Waals surface area contributed by atoms with Gasteiger partial charge in [0.05, 0.1) is 33.5 Å². The first kappa shape index (κ1) is 32.6. The van der Waals surface area contributed by atoms with Crippen LogP contribution in [-0.2, 0) is 25.7 Å². The van der Waals surface area contributed by atoms with Gasteiger partial charge >= 0.3 is 0 Å². The maximum Gasteiger partial charge on any atom is 0.258 e. The van der Waals surface area contributed by atoms with Crippen molar-refractivity contribution >= 4 is 23.2 Å². The van der Waals surface area contributed by atoms with E-state index in [-0.39, 0.29) is 34.6 Å². The molecule has 11 heteroatoms. The van der Waals surface area contributed by atoms with Crippen LogP contribution in [0.15, 0.2) is 65.1 Å². The molecule has 1 aliphatic carbocycles. The Morgan fingerprint density at radius 3 is 2.13 bits per heavy atom. The third-order valence-electron chi connectivity index (χ3n) is 7.68. The molecule has 2 amide bonds. The topological polar surface area (TPSA) is 158 Å². The Kier molecular flexibility index (Phi) is 10.0. The fourth-order valence-corrected chi connectivity index (χ4v) is 6.53. The Bertz CT molecular complexity index is 1840. The number of amides is 2. The zero-order valence-electron chi connectivity index (χ0n) is 25.9. The summed E-state index contributed by atoms with van der Waals surface area (Å²) >= 11 is 1.09. The van der Waals surface area contributed by atoms with E-state index < -0.39 is 23.7 Å². The lowest BCUT2D eigenvalue weighted by atomic mass is 9.90. The molecule has 2 aromatic carbocycles. The lowest BCUT2D eigenvalue weighted by molar-refractivity contribution is 0.0993. The summed E-state index contributed by atoms with van der Waals surface area (Å²) in [5, 5.41) is 19.1. The van der Waals surface area contributed by atoms with Gasteiger partial charge in [-0.15, -0.1) is 21.5 Å². The van der Waals surface area contributed by atoms with E-state index in [1.165, 1.54) is 43.5 Å². The molecule has 1 atom stereocenters. The highest BCUT2D eigenvalue weighted by Crippen LogP contribution is 2.42. The van der Waals surface area contributed by atoms with Gasteiger partial charge in [0.25, 0.3) is 11.8 Å². The van der Waals surface area contributed by atoms with E-state index in [2.05, 4.69) is 34.5 Å². The van der Waals surface area contributed by atoms with Gasteiger partial charge in [-0.2, -0.15) is 0 Å². The Morgan fingerprint density at radius 1 is 0.913 bits per heavy atom. The molecule has 9 nitrogen and oxygen atoms in total. The van der Waals surface area contributed by atoms with Crippen LogP contribution in [0, 0.1) is 18.7 Å². The number of carbonyl (C=O) groups excluding carboxylic acids is 2. The zero-order chi connectivity index (χ0) is 33.0. The third kappa shape index (κ3) is 7.38. The number of nitrogens with zero attached hydrogens (tertiary/aromatic N) is 3. The summed E-state index contributed by atoms with van der Waals surface area (Å²) in [7, 11) is 0. The molecule has 0 bridgehead atoms. The number of hydrogen-bond acceptors (Lipinski definition) is 8. The summed E-state index contributed by atoms with van der Waals surface area (Å²) in [4.78, 5) is 30.3. The van der Waals surface area contributed by atoms with E-state index in [1.54, 1.807) is 30.2 Å². The van der Waals surface area contributed by atoms with Gasteiger partial charge in [0.2, 0.25) is 11.8 Å². The smallest absolute Gasteiger partial charge is 0.258 e. The fraction of sp³-hybridized carbons (Fsp3) is 0.286. The maximum absolute atomic E-state index is 13.5. The van der Waals surface area contributed by atoms with Crippen LogP contribution in [0.3, 0.4) is 0 Å². The standard InChI is InChI=1S/C26H26FN5O4S.C9H10/c1-12(2)10-16-21(25(29)35)23(19-8-9-20(37-19)24(28)34)22(26-32-31-13(3)36-26)17(30-16)11-18(33)14-4-6-15(27)7-5-14;1-2-5-9-7-3-6-8(9)4-1/h4-9,12,18,33H,10-11H2,1-3H3,(H2,28,34)(H2,29,35);1-2,4-5H,3,6-7H2. The van der Waals surface area contributed by atoms with E-state index in [1.807, 2.05) is 13.8 Å². The largest absolute Gasteiger partial charge is 0.421 e. The van der Waals surface area contributed by atoms with Gasteiger partial charge < -0.3 is 21.0 Å². The van der Waals surface area contributed by atoms with E-state index in [4.69, 9.17) is 20.9 Å². The molecule has 0 spiro atoms. The predicted molar refractivity (Wildman–Crippen MR) is 175 cm³/mol. The Balaban J connectivity index is 0.000000393. The molecule has 0 saturated carbocycles. The average molecular weight is 642 g/mol. The Morgan fingerprint density at radius 2 is 1.59 bits per heavy atom. The molecule has 1 unspecified atom stereocenters. The summed E-state index contributed by atoms with van der Waals surface area (Å²) in [5.41, 5.74) is 16.7. The van der Waals surface area contributed by atoms with Crippen LogP contribution >= 0.6 is 11.3 Å². The second-order valence-corrected chi connectivity index (χ2v) is 12.7. The van der Waals surface area contributed by atoms with E-state index in [9.17, 15) is 19.1 Å². The minimum atomic E-state index is -1.06. The number of fused-ring (bicyclic) bond motifs is 1. The van der Waals surface area contributed by atoms with E-state index in [0.29, 0.717) is 39.4 Å². The van der Waals surface area contributed by atoms with Gasteiger partial charge in [-0.3, -0.25) is 14.6 Å². The average Bonchev–Trinajstić information content (AvgIpc) is 3.78. The van der Waals surface area contributed by atoms with Crippen molar-refractivity contribution in [3.63, 3.8) is 0 Å². The molecule has 0 radical (unpaired) electrons. The fourth-order valence-electron chi connectivity index (χ4n) is 5.62. The number of hydrogen-bond donors (Lipinski definition) is 3. The van der Waals surface area contributed by atoms with Crippen molar-refractivity contribution in [2.75, 3.05) is 0 Å². The van der Waals surface area contributed by atoms with Gasteiger partial charge in [-0.05, 0) is 72.6 Å². The van der Waals surface area contributed by atoms with Crippen molar-refractivity contribution < 1.29 is 23.5 Å². The summed E-state index contributed by atoms with van der Waals surface area (Å²) in [6.45, 7) is 5.57. The second-order valence-electron chi connectivity index (χ2n) is 11.6. The molecule has 0 saturated heterocycles. The van der Waals surface area contributed by atoms with Crippen LogP contribution < -0.4 is 11.5 Å². The Labute approximate surface area is 270 Å².